The van der Waals surface area contributed by atoms with Crippen molar-refractivity contribution in [1.82, 2.24) is 0 Å². The number of nitrogens with zero attached hydrogens (tertiary/aromatic N) is 1. The van der Waals surface area contributed by atoms with Crippen molar-refractivity contribution in [2.45, 2.75) is 33.7 Å². The Morgan fingerprint density at radius 2 is 1.86 bits per heavy atom. The van der Waals surface area contributed by atoms with Gasteiger partial charge in [0.15, 0.2) is 11.9 Å². The van der Waals surface area contributed by atoms with E-state index in [4.69, 9.17) is 4.74 Å². The van der Waals surface area contributed by atoms with E-state index < -0.39 is 5.97 Å². The van der Waals surface area contributed by atoms with Crippen LogP contribution in [-0.2, 0) is 22.5 Å². The average molecular weight is 410 g/mol. The number of rotatable bonds is 7. The first-order valence-corrected chi connectivity index (χ1v) is 10.5. The molecule has 0 unspecified atom stereocenters. The molecule has 5 nitrogen and oxygen atoms in total. The predicted octanol–water partition coefficient (Wildman–Crippen LogP) is 4.39. The molecular weight excluding hydrogens is 384 g/mol. The number of nitrogens with one attached hydrogen (secondary N) is 1. The first-order valence-electron chi connectivity index (χ1n) is 9.66. The Kier molecular flexibility index (Phi) is 6.77. The van der Waals surface area contributed by atoms with Gasteiger partial charge in [-0.25, -0.2) is 4.79 Å². The lowest BCUT2D eigenvalue weighted by atomic mass is 10.0. The molecule has 3 rings (SSSR count). The summed E-state index contributed by atoms with van der Waals surface area (Å²) in [5.74, 6) is -0.613. The zero-order chi connectivity index (χ0) is 20.8. The van der Waals surface area contributed by atoms with Crippen molar-refractivity contribution in [3.63, 3.8) is 0 Å². The molecule has 2 aromatic heterocycles. The van der Waals surface area contributed by atoms with Crippen molar-refractivity contribution in [1.29, 1.82) is 0 Å². The van der Waals surface area contributed by atoms with Crippen molar-refractivity contribution in [2.75, 3.05) is 11.9 Å². The third kappa shape index (κ3) is 4.90. The maximum absolute atomic E-state index is 12.7. The van der Waals surface area contributed by atoms with Crippen molar-refractivity contribution in [3.05, 3.63) is 70.9 Å². The smallest absolute Gasteiger partial charge is 0.341 e. The number of pyridine rings is 1. The van der Waals surface area contributed by atoms with E-state index >= 15 is 0 Å². The van der Waals surface area contributed by atoms with Crippen LogP contribution in [0.15, 0.2) is 54.0 Å². The first kappa shape index (κ1) is 20.7. The van der Waals surface area contributed by atoms with Gasteiger partial charge in [0.05, 0.1) is 6.61 Å². The zero-order valence-corrected chi connectivity index (χ0v) is 17.7. The summed E-state index contributed by atoms with van der Waals surface area (Å²) in [5, 5.41) is 5.30. The van der Waals surface area contributed by atoms with Crippen LogP contribution < -0.4 is 9.88 Å². The Labute approximate surface area is 175 Å². The molecule has 1 aromatic carbocycles. The minimum Gasteiger partial charge on any atom is -0.462 e. The van der Waals surface area contributed by atoms with Gasteiger partial charge < -0.3 is 10.1 Å². The molecule has 0 fully saturated rings. The van der Waals surface area contributed by atoms with Gasteiger partial charge in [0.2, 0.25) is 6.54 Å². The first-order chi connectivity index (χ1) is 14.0. The number of anilines is 1. The highest BCUT2D eigenvalue weighted by Crippen LogP contribution is 2.36. The molecule has 1 amide bonds. The lowest BCUT2D eigenvalue weighted by molar-refractivity contribution is -0.690. The molecule has 3 aromatic rings. The van der Waals surface area contributed by atoms with Gasteiger partial charge in [-0.1, -0.05) is 37.3 Å². The minimum atomic E-state index is -0.431. The summed E-state index contributed by atoms with van der Waals surface area (Å²) >= 11 is 1.33. The Morgan fingerprint density at radius 3 is 2.55 bits per heavy atom. The van der Waals surface area contributed by atoms with E-state index in [-0.39, 0.29) is 19.1 Å². The van der Waals surface area contributed by atoms with Crippen LogP contribution in [0.2, 0.25) is 0 Å². The third-order valence-electron chi connectivity index (χ3n) is 4.64. The molecule has 0 saturated carbocycles. The van der Waals surface area contributed by atoms with Crippen molar-refractivity contribution in [3.8, 4) is 11.1 Å². The number of amides is 1. The molecule has 2 heterocycles. The van der Waals surface area contributed by atoms with Crippen LogP contribution in [0.3, 0.4) is 0 Å². The highest BCUT2D eigenvalue weighted by molar-refractivity contribution is 7.15. The molecular formula is C23H25N2O3S+. The lowest BCUT2D eigenvalue weighted by Gasteiger charge is -2.08. The molecule has 0 bridgehead atoms. The highest BCUT2D eigenvalue weighted by atomic mass is 32.1. The van der Waals surface area contributed by atoms with Crippen LogP contribution in [0.25, 0.3) is 11.1 Å². The number of carbonyl (C=O) groups excluding carboxylic acids is 2. The van der Waals surface area contributed by atoms with Crippen LogP contribution in [0.4, 0.5) is 5.00 Å². The number of carbonyl (C=O) groups is 2. The van der Waals surface area contributed by atoms with Gasteiger partial charge in [0.25, 0.3) is 5.91 Å². The monoisotopic (exact) mass is 409 g/mol. The number of aromatic nitrogens is 1. The fourth-order valence-corrected chi connectivity index (χ4v) is 4.03. The number of esters is 1. The summed E-state index contributed by atoms with van der Waals surface area (Å²) in [5.41, 5.74) is 4.24. The Morgan fingerprint density at radius 1 is 1.10 bits per heavy atom. The van der Waals surface area contributed by atoms with Crippen LogP contribution in [-0.4, -0.2) is 18.5 Å². The van der Waals surface area contributed by atoms with Crippen LogP contribution in [0.1, 0.15) is 35.5 Å². The Balaban J connectivity index is 1.88. The number of thiophene rings is 1. The van der Waals surface area contributed by atoms with E-state index in [9.17, 15) is 9.59 Å². The van der Waals surface area contributed by atoms with E-state index in [1.165, 1.54) is 11.3 Å². The fourth-order valence-electron chi connectivity index (χ4n) is 3.05. The van der Waals surface area contributed by atoms with E-state index in [0.717, 1.165) is 28.8 Å². The SMILES string of the molecule is CCOC(=O)c1c(-c2ccccc2)csc1NC(=O)C[n+]1cc(CC)ccc1C. The highest BCUT2D eigenvalue weighted by Gasteiger charge is 2.24. The van der Waals surface area contributed by atoms with Crippen LogP contribution in [0.5, 0.6) is 0 Å². The van der Waals surface area contributed by atoms with Gasteiger partial charge in [-0.15, -0.1) is 11.3 Å². The van der Waals surface area contributed by atoms with E-state index in [1.807, 2.05) is 59.5 Å². The number of hydrogen-bond donors (Lipinski definition) is 1. The summed E-state index contributed by atoms with van der Waals surface area (Å²) in [6.07, 6.45) is 2.89. The van der Waals surface area contributed by atoms with Crippen LogP contribution in [0, 0.1) is 6.92 Å². The standard InChI is InChI=1S/C23H24N2O3S/c1-4-17-12-11-16(3)25(13-17)14-20(26)24-22-21(23(27)28-5-2)19(15-29-22)18-9-7-6-8-10-18/h6-13,15H,4-5,14H2,1-3H3/p+1. The second-order valence-corrected chi connectivity index (χ2v) is 7.53. The topological polar surface area (TPSA) is 59.3 Å². The summed E-state index contributed by atoms with van der Waals surface area (Å²) in [6, 6.07) is 13.7. The average Bonchev–Trinajstić information content (AvgIpc) is 3.14. The van der Waals surface area contributed by atoms with Crippen molar-refractivity contribution < 1.29 is 18.9 Å². The molecule has 1 N–H and O–H groups in total. The molecule has 0 aliphatic carbocycles. The number of ether oxygens (including phenoxy) is 1. The maximum atomic E-state index is 12.7. The van der Waals surface area contributed by atoms with E-state index in [1.54, 1.807) is 6.92 Å². The molecule has 29 heavy (non-hydrogen) atoms. The summed E-state index contributed by atoms with van der Waals surface area (Å²) in [4.78, 5) is 25.4. The molecule has 0 radical (unpaired) electrons. The van der Waals surface area contributed by atoms with E-state index in [0.29, 0.717) is 10.6 Å². The predicted molar refractivity (Wildman–Crippen MR) is 115 cm³/mol. The molecule has 0 atom stereocenters. The van der Waals surface area contributed by atoms with Gasteiger partial charge >= 0.3 is 5.97 Å². The minimum absolute atomic E-state index is 0.181. The third-order valence-corrected chi connectivity index (χ3v) is 5.54. The summed E-state index contributed by atoms with van der Waals surface area (Å²) in [6.45, 7) is 6.27. The van der Waals surface area contributed by atoms with Gasteiger partial charge in [0.1, 0.15) is 10.6 Å². The Bertz CT molecular complexity index is 1010. The second-order valence-electron chi connectivity index (χ2n) is 6.65. The number of benzene rings is 1. The lowest BCUT2D eigenvalue weighted by Crippen LogP contribution is -2.43. The number of hydrogen-bond acceptors (Lipinski definition) is 4. The molecule has 0 aliphatic rings. The fraction of sp³-hybridized carbons (Fsp3) is 0.261. The van der Waals surface area contributed by atoms with Gasteiger partial charge in [0, 0.05) is 29.5 Å². The van der Waals surface area contributed by atoms with Gasteiger partial charge in [-0.3, -0.25) is 4.79 Å². The number of aryl methyl sites for hydroxylation is 2. The van der Waals surface area contributed by atoms with Crippen molar-refractivity contribution >= 4 is 28.2 Å². The van der Waals surface area contributed by atoms with Gasteiger partial charge in [-0.05, 0) is 25.0 Å². The van der Waals surface area contributed by atoms with E-state index in [2.05, 4.69) is 18.3 Å². The molecule has 0 saturated heterocycles. The summed E-state index contributed by atoms with van der Waals surface area (Å²) in [7, 11) is 0. The quantitative estimate of drug-likeness (QED) is 0.465. The molecule has 150 valence electrons. The normalized spacial score (nSPS) is 10.6. The molecule has 6 heteroatoms. The molecule has 0 spiro atoms. The molecule has 0 aliphatic heterocycles. The van der Waals surface area contributed by atoms with Gasteiger partial charge in [-0.2, -0.15) is 4.57 Å². The van der Waals surface area contributed by atoms with Crippen LogP contribution >= 0.6 is 11.3 Å². The largest absolute Gasteiger partial charge is 0.462 e. The maximum Gasteiger partial charge on any atom is 0.341 e. The Hall–Kier alpha value is -2.99. The second kappa shape index (κ2) is 9.47. The zero-order valence-electron chi connectivity index (χ0n) is 16.9. The summed E-state index contributed by atoms with van der Waals surface area (Å²) < 4.78 is 7.17. The van der Waals surface area contributed by atoms with Crippen molar-refractivity contribution in [2.24, 2.45) is 0 Å².